The van der Waals surface area contributed by atoms with Crippen LogP contribution in [0.5, 0.6) is 0 Å². The van der Waals surface area contributed by atoms with E-state index >= 15 is 0 Å². The standard InChI is InChI=1S/C9H15NO5/c1-6(15-8(3)12)9(13)10-4-5-14-7(2)11/h6H,4-5H2,1-3H3,(H,10,13)/t6-/m1/s1. The van der Waals surface area contributed by atoms with E-state index in [2.05, 4.69) is 14.8 Å². The van der Waals surface area contributed by atoms with Gasteiger partial charge in [-0.25, -0.2) is 0 Å². The van der Waals surface area contributed by atoms with Crippen LogP contribution in [0.25, 0.3) is 0 Å². The van der Waals surface area contributed by atoms with E-state index in [9.17, 15) is 14.4 Å². The van der Waals surface area contributed by atoms with Gasteiger partial charge in [0, 0.05) is 13.8 Å². The van der Waals surface area contributed by atoms with Crippen molar-refractivity contribution in [1.82, 2.24) is 5.32 Å². The fraction of sp³-hybridized carbons (Fsp3) is 0.667. The summed E-state index contributed by atoms with van der Waals surface area (Å²) in [6.45, 7) is 4.27. The molecule has 0 heterocycles. The van der Waals surface area contributed by atoms with E-state index in [1.165, 1.54) is 20.8 Å². The fourth-order valence-electron chi connectivity index (χ4n) is 0.815. The van der Waals surface area contributed by atoms with Crippen LogP contribution in [0.1, 0.15) is 20.8 Å². The third-order valence-electron chi connectivity index (χ3n) is 1.42. The molecule has 0 aliphatic rings. The van der Waals surface area contributed by atoms with Gasteiger partial charge in [0.25, 0.3) is 5.91 Å². The predicted molar refractivity (Wildman–Crippen MR) is 50.9 cm³/mol. The maximum Gasteiger partial charge on any atom is 0.303 e. The Balaban J connectivity index is 3.64. The lowest BCUT2D eigenvalue weighted by Crippen LogP contribution is -2.37. The topological polar surface area (TPSA) is 81.7 Å². The molecule has 0 aliphatic carbocycles. The Morgan fingerprint density at radius 3 is 2.27 bits per heavy atom. The highest BCUT2D eigenvalue weighted by Gasteiger charge is 2.14. The monoisotopic (exact) mass is 217 g/mol. The van der Waals surface area contributed by atoms with Gasteiger partial charge in [-0.05, 0) is 6.92 Å². The number of carbonyl (C=O) groups is 3. The first-order chi connectivity index (χ1) is 6.93. The molecule has 0 spiro atoms. The summed E-state index contributed by atoms with van der Waals surface area (Å²) in [6, 6.07) is 0. The Hall–Kier alpha value is -1.59. The molecule has 0 aliphatic heterocycles. The van der Waals surface area contributed by atoms with Crippen molar-refractivity contribution in [3.63, 3.8) is 0 Å². The highest BCUT2D eigenvalue weighted by atomic mass is 16.5. The average Bonchev–Trinajstić information content (AvgIpc) is 2.10. The summed E-state index contributed by atoms with van der Waals surface area (Å²) in [6.07, 6.45) is -0.833. The third-order valence-corrected chi connectivity index (χ3v) is 1.42. The second-order valence-electron chi connectivity index (χ2n) is 2.88. The SMILES string of the molecule is CC(=O)OCCNC(=O)[C@@H](C)OC(C)=O. The van der Waals surface area contributed by atoms with Crippen molar-refractivity contribution in [2.75, 3.05) is 13.2 Å². The van der Waals surface area contributed by atoms with Gasteiger partial charge in [0.1, 0.15) is 6.61 Å². The van der Waals surface area contributed by atoms with Gasteiger partial charge in [0.15, 0.2) is 6.10 Å². The van der Waals surface area contributed by atoms with Crippen molar-refractivity contribution >= 4 is 17.8 Å². The van der Waals surface area contributed by atoms with Gasteiger partial charge in [0.2, 0.25) is 0 Å². The van der Waals surface area contributed by atoms with E-state index in [4.69, 9.17) is 0 Å². The van der Waals surface area contributed by atoms with Crippen LogP contribution in [0.4, 0.5) is 0 Å². The Kier molecular flexibility index (Phi) is 6.08. The van der Waals surface area contributed by atoms with Gasteiger partial charge in [-0.3, -0.25) is 14.4 Å². The molecular formula is C9H15NO5. The van der Waals surface area contributed by atoms with Crippen molar-refractivity contribution in [1.29, 1.82) is 0 Å². The zero-order valence-corrected chi connectivity index (χ0v) is 9.03. The van der Waals surface area contributed by atoms with E-state index in [1.807, 2.05) is 0 Å². The molecule has 6 heteroatoms. The summed E-state index contributed by atoms with van der Waals surface area (Å²) in [4.78, 5) is 32.1. The van der Waals surface area contributed by atoms with Gasteiger partial charge in [-0.2, -0.15) is 0 Å². The number of ether oxygens (including phenoxy) is 2. The van der Waals surface area contributed by atoms with Crippen molar-refractivity contribution in [3.8, 4) is 0 Å². The van der Waals surface area contributed by atoms with Gasteiger partial charge in [-0.15, -0.1) is 0 Å². The molecule has 86 valence electrons. The van der Waals surface area contributed by atoms with Gasteiger partial charge >= 0.3 is 11.9 Å². The van der Waals surface area contributed by atoms with Crippen LogP contribution >= 0.6 is 0 Å². The van der Waals surface area contributed by atoms with Crippen LogP contribution in [0.2, 0.25) is 0 Å². The minimum Gasteiger partial charge on any atom is -0.464 e. The largest absolute Gasteiger partial charge is 0.464 e. The molecule has 0 fully saturated rings. The van der Waals surface area contributed by atoms with Gasteiger partial charge in [0.05, 0.1) is 6.54 Å². The third kappa shape index (κ3) is 7.48. The number of nitrogens with one attached hydrogen (secondary N) is 1. The Bertz CT molecular complexity index is 251. The van der Waals surface area contributed by atoms with Crippen molar-refractivity contribution < 1.29 is 23.9 Å². The molecule has 15 heavy (non-hydrogen) atoms. The number of rotatable bonds is 5. The number of hydrogen-bond acceptors (Lipinski definition) is 5. The highest BCUT2D eigenvalue weighted by molar-refractivity contribution is 5.82. The normalized spacial score (nSPS) is 11.4. The molecule has 0 unspecified atom stereocenters. The molecule has 0 aromatic carbocycles. The zero-order valence-electron chi connectivity index (χ0n) is 9.03. The molecule has 6 nitrogen and oxygen atoms in total. The summed E-state index contributed by atoms with van der Waals surface area (Å²) in [5.41, 5.74) is 0. The Labute approximate surface area is 87.9 Å². The highest BCUT2D eigenvalue weighted by Crippen LogP contribution is 1.90. The van der Waals surface area contributed by atoms with Crippen molar-refractivity contribution in [2.45, 2.75) is 26.9 Å². The van der Waals surface area contributed by atoms with Crippen LogP contribution in [0.15, 0.2) is 0 Å². The summed E-state index contributed by atoms with van der Waals surface area (Å²) >= 11 is 0. The van der Waals surface area contributed by atoms with Gasteiger partial charge in [-0.1, -0.05) is 0 Å². The van der Waals surface area contributed by atoms with Crippen molar-refractivity contribution in [2.24, 2.45) is 0 Å². The molecule has 1 atom stereocenters. The predicted octanol–water partition coefficient (Wildman–Crippen LogP) is -0.383. The fourth-order valence-corrected chi connectivity index (χ4v) is 0.815. The average molecular weight is 217 g/mol. The number of amides is 1. The van der Waals surface area contributed by atoms with Crippen LogP contribution in [-0.4, -0.2) is 37.1 Å². The maximum absolute atomic E-state index is 11.2. The summed E-state index contributed by atoms with van der Waals surface area (Å²) < 4.78 is 9.22. The first-order valence-corrected chi connectivity index (χ1v) is 4.51. The smallest absolute Gasteiger partial charge is 0.303 e. The lowest BCUT2D eigenvalue weighted by molar-refractivity contribution is -0.152. The second kappa shape index (κ2) is 6.80. The summed E-state index contributed by atoms with van der Waals surface area (Å²) in [5.74, 6) is -1.34. The van der Waals surface area contributed by atoms with E-state index in [0.717, 1.165) is 0 Å². The molecular weight excluding hydrogens is 202 g/mol. The van der Waals surface area contributed by atoms with E-state index < -0.39 is 23.9 Å². The minimum absolute atomic E-state index is 0.105. The van der Waals surface area contributed by atoms with Crippen LogP contribution in [0.3, 0.4) is 0 Å². The Morgan fingerprint density at radius 1 is 1.20 bits per heavy atom. The summed E-state index contributed by atoms with van der Waals surface area (Å²) in [5, 5.41) is 2.45. The molecule has 0 radical (unpaired) electrons. The summed E-state index contributed by atoms with van der Waals surface area (Å²) in [7, 11) is 0. The molecule has 0 saturated heterocycles. The molecule has 0 saturated carbocycles. The number of carbonyl (C=O) groups excluding carboxylic acids is 3. The minimum atomic E-state index is -0.833. The van der Waals surface area contributed by atoms with Crippen molar-refractivity contribution in [3.05, 3.63) is 0 Å². The number of hydrogen-bond donors (Lipinski definition) is 1. The van der Waals surface area contributed by atoms with Crippen LogP contribution < -0.4 is 5.32 Å². The molecule has 0 rings (SSSR count). The first-order valence-electron chi connectivity index (χ1n) is 4.51. The Morgan fingerprint density at radius 2 is 1.80 bits per heavy atom. The van der Waals surface area contributed by atoms with Crippen LogP contribution in [-0.2, 0) is 23.9 Å². The molecule has 0 aromatic rings. The van der Waals surface area contributed by atoms with E-state index in [1.54, 1.807) is 0 Å². The van der Waals surface area contributed by atoms with Gasteiger partial charge < -0.3 is 14.8 Å². The quantitative estimate of drug-likeness (QED) is 0.501. The maximum atomic E-state index is 11.2. The molecule has 0 aromatic heterocycles. The lowest BCUT2D eigenvalue weighted by Gasteiger charge is -2.11. The van der Waals surface area contributed by atoms with E-state index in [-0.39, 0.29) is 13.2 Å². The first kappa shape index (κ1) is 13.4. The second-order valence-corrected chi connectivity index (χ2v) is 2.88. The number of esters is 2. The lowest BCUT2D eigenvalue weighted by atomic mass is 10.4. The molecule has 1 N–H and O–H groups in total. The molecule has 1 amide bonds. The molecule has 0 bridgehead atoms. The van der Waals surface area contributed by atoms with E-state index in [0.29, 0.717) is 0 Å². The van der Waals surface area contributed by atoms with Crippen LogP contribution in [0, 0.1) is 0 Å². The zero-order chi connectivity index (χ0) is 11.8.